The van der Waals surface area contributed by atoms with Crippen LogP contribution in [0.25, 0.3) is 0 Å². The Labute approximate surface area is 78.1 Å². The SMILES string of the molecule is COC(=O)c1cc(C)[nH]c1C(C)C. The van der Waals surface area contributed by atoms with Crippen LogP contribution in [0.3, 0.4) is 0 Å². The molecule has 3 nitrogen and oxygen atoms in total. The molecule has 1 aromatic heterocycles. The summed E-state index contributed by atoms with van der Waals surface area (Å²) in [4.78, 5) is 14.5. The van der Waals surface area contributed by atoms with Crippen LogP contribution >= 0.6 is 0 Å². The Bertz CT molecular complexity index is 313. The van der Waals surface area contributed by atoms with Crippen LogP contribution in [0.2, 0.25) is 0 Å². The van der Waals surface area contributed by atoms with Gasteiger partial charge in [0.1, 0.15) is 0 Å². The van der Waals surface area contributed by atoms with Crippen LogP contribution in [-0.4, -0.2) is 18.1 Å². The lowest BCUT2D eigenvalue weighted by Gasteiger charge is -2.04. The van der Waals surface area contributed by atoms with Gasteiger partial charge in [-0.3, -0.25) is 0 Å². The van der Waals surface area contributed by atoms with Gasteiger partial charge in [0.2, 0.25) is 0 Å². The number of methoxy groups -OCH3 is 1. The van der Waals surface area contributed by atoms with Crippen LogP contribution in [0.4, 0.5) is 0 Å². The Kier molecular flexibility index (Phi) is 2.76. The van der Waals surface area contributed by atoms with E-state index in [1.54, 1.807) is 0 Å². The zero-order valence-electron chi connectivity index (χ0n) is 8.47. The summed E-state index contributed by atoms with van der Waals surface area (Å²) in [6.07, 6.45) is 0. The number of hydrogen-bond acceptors (Lipinski definition) is 2. The molecule has 0 aromatic carbocycles. The van der Waals surface area contributed by atoms with Crippen molar-refractivity contribution >= 4 is 5.97 Å². The van der Waals surface area contributed by atoms with Crippen molar-refractivity contribution in [3.8, 4) is 0 Å². The largest absolute Gasteiger partial charge is 0.465 e. The minimum Gasteiger partial charge on any atom is -0.465 e. The number of ether oxygens (including phenoxy) is 1. The van der Waals surface area contributed by atoms with Crippen molar-refractivity contribution in [2.75, 3.05) is 7.11 Å². The number of hydrogen-bond donors (Lipinski definition) is 1. The predicted octanol–water partition coefficient (Wildman–Crippen LogP) is 2.23. The van der Waals surface area contributed by atoms with Gasteiger partial charge in [0.05, 0.1) is 12.7 Å². The summed E-state index contributed by atoms with van der Waals surface area (Å²) in [6, 6.07) is 1.82. The van der Waals surface area contributed by atoms with Gasteiger partial charge in [0, 0.05) is 11.4 Å². The molecule has 1 aromatic rings. The van der Waals surface area contributed by atoms with Gasteiger partial charge in [0.25, 0.3) is 0 Å². The van der Waals surface area contributed by atoms with Crippen LogP contribution in [-0.2, 0) is 4.74 Å². The summed E-state index contributed by atoms with van der Waals surface area (Å²) in [5.74, 6) is 0.0378. The molecule has 72 valence electrons. The molecule has 0 atom stereocenters. The summed E-state index contributed by atoms with van der Waals surface area (Å²) in [6.45, 7) is 6.01. The van der Waals surface area contributed by atoms with Crippen molar-refractivity contribution in [1.82, 2.24) is 4.98 Å². The van der Waals surface area contributed by atoms with Crippen molar-refractivity contribution in [1.29, 1.82) is 0 Å². The molecule has 3 heteroatoms. The molecule has 0 aliphatic heterocycles. The van der Waals surface area contributed by atoms with Crippen molar-refractivity contribution in [2.24, 2.45) is 0 Å². The second-order valence-electron chi connectivity index (χ2n) is 3.43. The maximum absolute atomic E-state index is 11.3. The number of carbonyl (C=O) groups is 1. The zero-order chi connectivity index (χ0) is 10.0. The first-order valence-electron chi connectivity index (χ1n) is 4.34. The van der Waals surface area contributed by atoms with E-state index in [9.17, 15) is 4.79 Å². The Balaban J connectivity index is 3.11. The standard InChI is InChI=1S/C10H15NO2/c1-6(2)9-8(10(12)13-4)5-7(3)11-9/h5-6,11H,1-4H3. The van der Waals surface area contributed by atoms with E-state index in [2.05, 4.69) is 9.72 Å². The Morgan fingerprint density at radius 2 is 2.15 bits per heavy atom. The van der Waals surface area contributed by atoms with Gasteiger partial charge < -0.3 is 9.72 Å². The monoisotopic (exact) mass is 181 g/mol. The highest BCUT2D eigenvalue weighted by Crippen LogP contribution is 2.20. The van der Waals surface area contributed by atoms with Gasteiger partial charge in [-0.2, -0.15) is 0 Å². The molecular weight excluding hydrogens is 166 g/mol. The van der Waals surface area contributed by atoms with Crippen LogP contribution in [0, 0.1) is 6.92 Å². The number of aromatic nitrogens is 1. The first-order valence-corrected chi connectivity index (χ1v) is 4.34. The summed E-state index contributed by atoms with van der Waals surface area (Å²) >= 11 is 0. The third-order valence-corrected chi connectivity index (χ3v) is 1.97. The normalized spacial score (nSPS) is 10.5. The third-order valence-electron chi connectivity index (χ3n) is 1.97. The fraction of sp³-hybridized carbons (Fsp3) is 0.500. The lowest BCUT2D eigenvalue weighted by molar-refractivity contribution is 0.0599. The summed E-state index contributed by atoms with van der Waals surface area (Å²) in [5, 5.41) is 0. The summed E-state index contributed by atoms with van der Waals surface area (Å²) in [7, 11) is 1.40. The maximum atomic E-state index is 11.3. The average molecular weight is 181 g/mol. The van der Waals surface area contributed by atoms with Gasteiger partial charge in [0.15, 0.2) is 0 Å². The van der Waals surface area contributed by atoms with E-state index in [1.165, 1.54) is 7.11 Å². The molecule has 0 amide bonds. The second-order valence-corrected chi connectivity index (χ2v) is 3.43. The van der Waals surface area contributed by atoms with Crippen molar-refractivity contribution in [3.05, 3.63) is 23.0 Å². The lowest BCUT2D eigenvalue weighted by atomic mass is 10.1. The molecule has 0 bridgehead atoms. The Morgan fingerprint density at radius 1 is 1.54 bits per heavy atom. The molecule has 0 radical (unpaired) electrons. The first-order chi connectivity index (χ1) is 6.06. The highest BCUT2D eigenvalue weighted by molar-refractivity contribution is 5.91. The van der Waals surface area contributed by atoms with Crippen molar-refractivity contribution in [3.63, 3.8) is 0 Å². The predicted molar refractivity (Wildman–Crippen MR) is 51.0 cm³/mol. The molecule has 0 spiro atoms. The fourth-order valence-corrected chi connectivity index (χ4v) is 1.34. The Hall–Kier alpha value is -1.25. The molecule has 0 aliphatic rings. The third kappa shape index (κ3) is 1.91. The molecule has 0 fully saturated rings. The molecule has 0 aliphatic carbocycles. The topological polar surface area (TPSA) is 42.1 Å². The molecular formula is C10H15NO2. The van der Waals surface area contributed by atoms with Crippen molar-refractivity contribution < 1.29 is 9.53 Å². The summed E-state index contributed by atoms with van der Waals surface area (Å²) < 4.78 is 4.68. The fourth-order valence-electron chi connectivity index (χ4n) is 1.34. The van der Waals surface area contributed by atoms with Gasteiger partial charge in [-0.05, 0) is 18.9 Å². The first kappa shape index (κ1) is 9.84. The average Bonchev–Trinajstić information content (AvgIpc) is 2.46. The van der Waals surface area contributed by atoms with Crippen LogP contribution < -0.4 is 0 Å². The van der Waals surface area contributed by atoms with E-state index in [4.69, 9.17) is 0 Å². The Morgan fingerprint density at radius 3 is 2.62 bits per heavy atom. The number of esters is 1. The van der Waals surface area contributed by atoms with Crippen LogP contribution in [0.1, 0.15) is 41.5 Å². The van der Waals surface area contributed by atoms with E-state index in [-0.39, 0.29) is 5.97 Å². The van der Waals surface area contributed by atoms with Crippen LogP contribution in [0.5, 0.6) is 0 Å². The summed E-state index contributed by atoms with van der Waals surface area (Å²) in [5.41, 5.74) is 2.59. The van der Waals surface area contributed by atoms with E-state index in [0.717, 1.165) is 11.4 Å². The molecule has 1 N–H and O–H groups in total. The maximum Gasteiger partial charge on any atom is 0.339 e. The molecule has 0 saturated carbocycles. The number of H-pyrrole nitrogens is 1. The number of aryl methyl sites for hydroxylation is 1. The van der Waals surface area contributed by atoms with Gasteiger partial charge in [-0.1, -0.05) is 13.8 Å². The quantitative estimate of drug-likeness (QED) is 0.711. The molecule has 0 saturated heterocycles. The smallest absolute Gasteiger partial charge is 0.339 e. The number of aromatic amines is 1. The van der Waals surface area contributed by atoms with E-state index in [1.807, 2.05) is 26.8 Å². The van der Waals surface area contributed by atoms with E-state index >= 15 is 0 Å². The molecule has 1 rings (SSSR count). The number of rotatable bonds is 2. The molecule has 1 heterocycles. The van der Waals surface area contributed by atoms with E-state index < -0.39 is 0 Å². The van der Waals surface area contributed by atoms with Gasteiger partial charge in [-0.15, -0.1) is 0 Å². The second kappa shape index (κ2) is 3.64. The molecule has 0 unspecified atom stereocenters. The van der Waals surface area contributed by atoms with Crippen molar-refractivity contribution in [2.45, 2.75) is 26.7 Å². The zero-order valence-corrected chi connectivity index (χ0v) is 8.47. The highest BCUT2D eigenvalue weighted by atomic mass is 16.5. The van der Waals surface area contributed by atoms with Gasteiger partial charge in [-0.25, -0.2) is 4.79 Å². The minimum atomic E-state index is -0.270. The van der Waals surface area contributed by atoms with Crippen LogP contribution in [0.15, 0.2) is 6.07 Å². The molecule has 13 heavy (non-hydrogen) atoms. The van der Waals surface area contributed by atoms with E-state index in [0.29, 0.717) is 11.5 Å². The van der Waals surface area contributed by atoms with Gasteiger partial charge >= 0.3 is 5.97 Å². The number of carbonyl (C=O) groups excluding carboxylic acids is 1. The highest BCUT2D eigenvalue weighted by Gasteiger charge is 2.16. The lowest BCUT2D eigenvalue weighted by Crippen LogP contribution is -2.04. The minimum absolute atomic E-state index is 0.270. The number of nitrogens with one attached hydrogen (secondary N) is 1.